The van der Waals surface area contributed by atoms with Crippen LogP contribution in [0.4, 0.5) is 4.39 Å². The molecule has 3 aliphatic rings. The van der Waals surface area contributed by atoms with Crippen molar-refractivity contribution in [3.63, 3.8) is 0 Å². The number of benzene rings is 2. The Kier molecular flexibility index (Phi) is 8.76. The van der Waals surface area contributed by atoms with Gasteiger partial charge in [0.25, 0.3) is 5.91 Å². The van der Waals surface area contributed by atoms with Crippen molar-refractivity contribution in [2.75, 3.05) is 52.7 Å². The summed E-state index contributed by atoms with van der Waals surface area (Å²) >= 11 is 0. The molecule has 2 fully saturated rings. The Morgan fingerprint density at radius 1 is 1.14 bits per heavy atom. The molecule has 2 aromatic rings. The van der Waals surface area contributed by atoms with E-state index < -0.39 is 11.9 Å². The van der Waals surface area contributed by atoms with Crippen LogP contribution in [0.3, 0.4) is 0 Å². The van der Waals surface area contributed by atoms with Crippen LogP contribution in [0.25, 0.3) is 0 Å². The van der Waals surface area contributed by atoms with Crippen LogP contribution in [-0.4, -0.2) is 80.6 Å². The predicted molar refractivity (Wildman–Crippen MR) is 136 cm³/mol. The second-order valence-corrected chi connectivity index (χ2v) is 9.89. The van der Waals surface area contributed by atoms with Crippen molar-refractivity contribution in [1.29, 1.82) is 0 Å². The lowest BCUT2D eigenvalue weighted by atomic mass is 10.1. The molecule has 2 atom stereocenters. The number of nitrogens with zero attached hydrogens (tertiary/aromatic N) is 2. The number of nitrogens with one attached hydrogen (secondary N) is 1. The van der Waals surface area contributed by atoms with E-state index in [1.165, 1.54) is 18.9 Å². The van der Waals surface area contributed by atoms with Crippen LogP contribution < -0.4 is 19.5 Å². The van der Waals surface area contributed by atoms with Gasteiger partial charge >= 0.3 is 0 Å². The minimum Gasteiger partial charge on any atom is -0.476 e. The van der Waals surface area contributed by atoms with E-state index >= 15 is 0 Å². The molecular formula is C28H36FN3O5. The number of halogens is 1. The number of rotatable bonds is 12. The molecule has 1 amide bonds. The van der Waals surface area contributed by atoms with E-state index in [4.69, 9.17) is 18.9 Å². The average molecular weight is 514 g/mol. The molecule has 2 saturated heterocycles. The highest BCUT2D eigenvalue weighted by molar-refractivity contribution is 5.81. The minimum absolute atomic E-state index is 0.0716. The van der Waals surface area contributed by atoms with E-state index in [2.05, 4.69) is 15.1 Å². The molecule has 2 aromatic carbocycles. The van der Waals surface area contributed by atoms with Gasteiger partial charge in [-0.15, -0.1) is 0 Å². The zero-order chi connectivity index (χ0) is 25.5. The van der Waals surface area contributed by atoms with Gasteiger partial charge < -0.3 is 29.2 Å². The molecule has 0 radical (unpaired) electrons. The normalized spacial score (nSPS) is 19.9. The fourth-order valence-electron chi connectivity index (χ4n) is 5.14. The SMILES string of the molecule is O=C(NCCN1CCCC1)C(CN(Cc1ccc2c(c1)OCO2)CC1CCCO1)Oc1ccccc1F. The van der Waals surface area contributed by atoms with E-state index in [1.54, 1.807) is 18.2 Å². The van der Waals surface area contributed by atoms with Crippen molar-refractivity contribution >= 4 is 5.91 Å². The van der Waals surface area contributed by atoms with Crippen LogP contribution >= 0.6 is 0 Å². The smallest absolute Gasteiger partial charge is 0.262 e. The Morgan fingerprint density at radius 3 is 2.78 bits per heavy atom. The fourth-order valence-corrected chi connectivity index (χ4v) is 5.14. The number of amides is 1. The van der Waals surface area contributed by atoms with Gasteiger partial charge in [0.15, 0.2) is 29.2 Å². The summed E-state index contributed by atoms with van der Waals surface area (Å²) < 4.78 is 37.4. The number of hydrogen-bond acceptors (Lipinski definition) is 7. The van der Waals surface area contributed by atoms with Gasteiger partial charge in [-0.3, -0.25) is 9.69 Å². The predicted octanol–water partition coefficient (Wildman–Crippen LogP) is 3.20. The first-order valence-corrected chi connectivity index (χ1v) is 13.3. The van der Waals surface area contributed by atoms with Crippen LogP contribution in [0.2, 0.25) is 0 Å². The summed E-state index contributed by atoms with van der Waals surface area (Å²) in [5.74, 6) is 0.785. The molecule has 0 aromatic heterocycles. The Labute approximate surface area is 217 Å². The summed E-state index contributed by atoms with van der Waals surface area (Å²) in [6.07, 6.45) is 3.59. The molecular weight excluding hydrogens is 477 g/mol. The second kappa shape index (κ2) is 12.6. The number of carbonyl (C=O) groups excluding carboxylic acids is 1. The fraction of sp³-hybridized carbons (Fsp3) is 0.536. The van der Waals surface area contributed by atoms with Gasteiger partial charge in [0.2, 0.25) is 6.79 Å². The highest BCUT2D eigenvalue weighted by Crippen LogP contribution is 2.33. The van der Waals surface area contributed by atoms with E-state index in [0.717, 1.165) is 50.4 Å². The highest BCUT2D eigenvalue weighted by atomic mass is 19.1. The maximum absolute atomic E-state index is 14.5. The van der Waals surface area contributed by atoms with Crippen molar-refractivity contribution in [2.45, 2.75) is 44.4 Å². The molecule has 8 nitrogen and oxygen atoms in total. The molecule has 0 saturated carbocycles. The molecule has 0 bridgehead atoms. The molecule has 0 aliphatic carbocycles. The van der Waals surface area contributed by atoms with Crippen molar-refractivity contribution < 1.29 is 28.1 Å². The molecule has 200 valence electrons. The lowest BCUT2D eigenvalue weighted by Gasteiger charge is -2.29. The molecule has 0 spiro atoms. The van der Waals surface area contributed by atoms with Crippen LogP contribution in [0, 0.1) is 5.82 Å². The minimum atomic E-state index is -0.883. The summed E-state index contributed by atoms with van der Waals surface area (Å²) in [5.41, 5.74) is 1.03. The Morgan fingerprint density at radius 2 is 1.97 bits per heavy atom. The van der Waals surface area contributed by atoms with Crippen LogP contribution in [0.15, 0.2) is 42.5 Å². The third-order valence-corrected chi connectivity index (χ3v) is 7.08. The third-order valence-electron chi connectivity index (χ3n) is 7.08. The first-order chi connectivity index (χ1) is 18.1. The molecule has 3 heterocycles. The first kappa shape index (κ1) is 25.8. The molecule has 37 heavy (non-hydrogen) atoms. The standard InChI is InChI=1S/C28H36FN3O5/c29-23-7-1-2-8-24(23)37-27(28(33)30-11-14-31-12-3-4-13-31)19-32(18-22-6-5-15-34-22)17-21-9-10-25-26(16-21)36-20-35-25/h1-2,7-10,16,22,27H,3-6,11-15,17-20H2,(H,30,33). The zero-order valence-corrected chi connectivity index (χ0v) is 21.2. The van der Waals surface area contributed by atoms with E-state index in [0.29, 0.717) is 25.4 Å². The number of fused-ring (bicyclic) bond motifs is 1. The summed E-state index contributed by atoms with van der Waals surface area (Å²) in [7, 11) is 0. The Bertz CT molecular complexity index is 1040. The Balaban J connectivity index is 1.30. The van der Waals surface area contributed by atoms with Crippen LogP contribution in [0.5, 0.6) is 17.2 Å². The van der Waals surface area contributed by atoms with Crippen molar-refractivity contribution in [3.05, 3.63) is 53.8 Å². The van der Waals surface area contributed by atoms with Crippen molar-refractivity contribution in [3.8, 4) is 17.2 Å². The lowest BCUT2D eigenvalue weighted by molar-refractivity contribution is -0.129. The van der Waals surface area contributed by atoms with E-state index in [-0.39, 0.29) is 31.1 Å². The molecule has 3 aliphatic heterocycles. The van der Waals surface area contributed by atoms with Crippen molar-refractivity contribution in [1.82, 2.24) is 15.1 Å². The highest BCUT2D eigenvalue weighted by Gasteiger charge is 2.28. The average Bonchev–Trinajstić information content (AvgIpc) is 3.68. The molecule has 2 unspecified atom stereocenters. The largest absolute Gasteiger partial charge is 0.476 e. The second-order valence-electron chi connectivity index (χ2n) is 9.89. The maximum atomic E-state index is 14.5. The van der Waals surface area contributed by atoms with E-state index in [1.807, 2.05) is 18.2 Å². The summed E-state index contributed by atoms with van der Waals surface area (Å²) in [4.78, 5) is 17.8. The van der Waals surface area contributed by atoms with E-state index in [9.17, 15) is 9.18 Å². The number of carbonyl (C=O) groups is 1. The van der Waals surface area contributed by atoms with Gasteiger partial charge in [-0.05, 0) is 68.6 Å². The maximum Gasteiger partial charge on any atom is 0.262 e. The number of para-hydroxylation sites is 1. The van der Waals surface area contributed by atoms with Gasteiger partial charge in [-0.1, -0.05) is 18.2 Å². The first-order valence-electron chi connectivity index (χ1n) is 13.3. The summed E-state index contributed by atoms with van der Waals surface area (Å²) in [5, 5.41) is 3.02. The Hall–Kier alpha value is -2.88. The number of likely N-dealkylation sites (tertiary alicyclic amines) is 1. The lowest BCUT2D eigenvalue weighted by Crippen LogP contribution is -2.48. The number of ether oxygens (including phenoxy) is 4. The van der Waals surface area contributed by atoms with Crippen LogP contribution in [0.1, 0.15) is 31.2 Å². The van der Waals surface area contributed by atoms with Gasteiger partial charge in [0, 0.05) is 39.3 Å². The van der Waals surface area contributed by atoms with Crippen molar-refractivity contribution in [2.24, 2.45) is 0 Å². The molecule has 1 N–H and O–H groups in total. The molecule has 9 heteroatoms. The third kappa shape index (κ3) is 7.12. The van der Waals surface area contributed by atoms with Gasteiger partial charge in [0.1, 0.15) is 0 Å². The summed E-state index contributed by atoms with van der Waals surface area (Å²) in [6.45, 7) is 5.92. The van der Waals surface area contributed by atoms with Gasteiger partial charge in [0.05, 0.1) is 6.10 Å². The zero-order valence-electron chi connectivity index (χ0n) is 21.2. The summed E-state index contributed by atoms with van der Waals surface area (Å²) in [6, 6.07) is 12.1. The monoisotopic (exact) mass is 513 g/mol. The number of hydrogen-bond donors (Lipinski definition) is 1. The topological polar surface area (TPSA) is 72.5 Å². The quantitative estimate of drug-likeness (QED) is 0.467. The van der Waals surface area contributed by atoms with Crippen LogP contribution in [-0.2, 0) is 16.1 Å². The molecule has 5 rings (SSSR count). The van der Waals surface area contributed by atoms with Gasteiger partial charge in [-0.2, -0.15) is 0 Å². The van der Waals surface area contributed by atoms with Gasteiger partial charge in [-0.25, -0.2) is 4.39 Å².